The van der Waals surface area contributed by atoms with E-state index < -0.39 is 0 Å². The molecule has 21 heavy (non-hydrogen) atoms. The van der Waals surface area contributed by atoms with Crippen molar-refractivity contribution in [2.24, 2.45) is 0 Å². The predicted octanol–water partition coefficient (Wildman–Crippen LogP) is 6.45. The third kappa shape index (κ3) is 1.62. The smallest absolute Gasteiger partial charge is 0.0476 e. The van der Waals surface area contributed by atoms with E-state index in [9.17, 15) is 0 Å². The van der Waals surface area contributed by atoms with E-state index in [4.69, 9.17) is 0 Å². The molecule has 0 saturated heterocycles. The van der Waals surface area contributed by atoms with Crippen LogP contribution in [0.1, 0.15) is 0 Å². The number of nitrogens with one attached hydrogen (secondary N) is 1. The molecule has 5 aromatic rings. The maximum Gasteiger partial charge on any atom is 0.0476 e. The first-order chi connectivity index (χ1) is 10.3. The Balaban J connectivity index is 2.00. The molecule has 0 aliphatic heterocycles. The number of hydrogen-bond donors (Lipinski definition) is 1. The second-order valence-corrected chi connectivity index (χ2v) is 7.31. The van der Waals surface area contributed by atoms with Crippen molar-refractivity contribution >= 4 is 69.2 Å². The van der Waals surface area contributed by atoms with E-state index in [2.05, 4.69) is 75.5 Å². The molecule has 100 valence electrons. The first-order valence-corrected chi connectivity index (χ1v) is 8.43. The van der Waals surface area contributed by atoms with E-state index in [1.807, 2.05) is 11.3 Å². The summed E-state index contributed by atoms with van der Waals surface area (Å²) in [4.78, 5) is 3.54. The van der Waals surface area contributed by atoms with Crippen molar-refractivity contribution in [1.29, 1.82) is 0 Å². The van der Waals surface area contributed by atoms with Gasteiger partial charge < -0.3 is 4.98 Å². The quantitative estimate of drug-likeness (QED) is 0.330. The zero-order valence-electron chi connectivity index (χ0n) is 11.0. The minimum Gasteiger partial charge on any atom is -0.354 e. The van der Waals surface area contributed by atoms with Crippen LogP contribution in [0.3, 0.4) is 0 Å². The lowest BCUT2D eigenvalue weighted by molar-refractivity contribution is 1.55. The third-order valence-corrected chi connectivity index (χ3v) is 5.68. The van der Waals surface area contributed by atoms with E-state index in [1.54, 1.807) is 0 Å². The third-order valence-electron chi connectivity index (χ3n) is 4.06. The Morgan fingerprint density at radius 2 is 1.57 bits per heavy atom. The van der Waals surface area contributed by atoms with Crippen LogP contribution in [-0.2, 0) is 0 Å². The summed E-state index contributed by atoms with van der Waals surface area (Å²) >= 11 is 5.41. The second kappa shape index (κ2) is 4.09. The lowest BCUT2D eigenvalue weighted by Gasteiger charge is -1.94. The van der Waals surface area contributed by atoms with Crippen molar-refractivity contribution in [3.63, 3.8) is 0 Å². The molecule has 0 aliphatic carbocycles. The number of H-pyrrole nitrogens is 1. The van der Waals surface area contributed by atoms with Crippen LogP contribution >= 0.6 is 27.3 Å². The first kappa shape index (κ1) is 11.8. The number of rotatable bonds is 0. The van der Waals surface area contributed by atoms with Crippen molar-refractivity contribution in [1.82, 2.24) is 4.98 Å². The maximum atomic E-state index is 3.54. The van der Waals surface area contributed by atoms with E-state index in [1.165, 1.54) is 42.0 Å². The molecule has 0 atom stereocenters. The van der Waals surface area contributed by atoms with Gasteiger partial charge in [-0.25, -0.2) is 0 Å². The van der Waals surface area contributed by atoms with Gasteiger partial charge in [0.25, 0.3) is 0 Å². The molecule has 0 spiro atoms. The average molecular weight is 352 g/mol. The summed E-state index contributed by atoms with van der Waals surface area (Å²) in [5.74, 6) is 0. The minimum absolute atomic E-state index is 1.11. The van der Waals surface area contributed by atoms with E-state index in [0.717, 1.165) is 4.47 Å². The molecule has 5 rings (SSSR count). The molecule has 2 heterocycles. The summed E-state index contributed by atoms with van der Waals surface area (Å²) in [6.07, 6.45) is 0. The predicted molar refractivity (Wildman–Crippen MR) is 96.4 cm³/mol. The van der Waals surface area contributed by atoms with Crippen LogP contribution in [0, 0.1) is 0 Å². The molecular weight excluding hydrogens is 342 g/mol. The Morgan fingerprint density at radius 1 is 0.714 bits per heavy atom. The lowest BCUT2D eigenvalue weighted by Crippen LogP contribution is -1.69. The number of halogens is 1. The monoisotopic (exact) mass is 351 g/mol. The molecule has 0 aliphatic rings. The van der Waals surface area contributed by atoms with E-state index >= 15 is 0 Å². The number of aromatic amines is 1. The Bertz CT molecular complexity index is 1150. The molecular formula is C18H10BrNS. The molecule has 0 fully saturated rings. The molecule has 0 unspecified atom stereocenters. The first-order valence-electron chi connectivity index (χ1n) is 6.82. The summed E-state index contributed by atoms with van der Waals surface area (Å²) in [6, 6.07) is 19.7. The molecule has 0 bridgehead atoms. The summed E-state index contributed by atoms with van der Waals surface area (Å²) in [5, 5.41) is 5.28. The SMILES string of the molecule is Brc1ccc2c(c1)[nH]c1cc3c(cc12)sc1ccccc13. The molecule has 3 heteroatoms. The summed E-state index contributed by atoms with van der Waals surface area (Å²) in [5.41, 5.74) is 2.39. The molecule has 0 amide bonds. The van der Waals surface area contributed by atoms with Crippen molar-refractivity contribution in [2.45, 2.75) is 0 Å². The van der Waals surface area contributed by atoms with Gasteiger partial charge in [0.1, 0.15) is 0 Å². The number of thiophene rings is 1. The molecule has 1 nitrogen and oxygen atoms in total. The van der Waals surface area contributed by atoms with Gasteiger partial charge in [-0.2, -0.15) is 0 Å². The number of fused-ring (bicyclic) bond motifs is 6. The fourth-order valence-corrected chi connectivity index (χ4v) is 4.59. The highest BCUT2D eigenvalue weighted by molar-refractivity contribution is 9.10. The summed E-state index contributed by atoms with van der Waals surface area (Å²) in [6.45, 7) is 0. The normalized spacial score (nSPS) is 12.0. The molecule has 2 aromatic heterocycles. The van der Waals surface area contributed by atoms with Gasteiger partial charge in [0.15, 0.2) is 0 Å². The van der Waals surface area contributed by atoms with Gasteiger partial charge in [0.05, 0.1) is 0 Å². The van der Waals surface area contributed by atoms with Gasteiger partial charge in [-0.1, -0.05) is 40.2 Å². The van der Waals surface area contributed by atoms with Gasteiger partial charge in [0.2, 0.25) is 0 Å². The van der Waals surface area contributed by atoms with Crippen LogP contribution < -0.4 is 0 Å². The van der Waals surface area contributed by atoms with Crippen LogP contribution in [0.2, 0.25) is 0 Å². The van der Waals surface area contributed by atoms with Crippen LogP contribution in [0.4, 0.5) is 0 Å². The summed E-state index contributed by atoms with van der Waals surface area (Å²) in [7, 11) is 0. The van der Waals surface area contributed by atoms with Crippen LogP contribution in [0.15, 0.2) is 59.1 Å². The maximum absolute atomic E-state index is 3.54. The molecule has 0 saturated carbocycles. The van der Waals surface area contributed by atoms with Gasteiger partial charge in [-0.15, -0.1) is 11.3 Å². The van der Waals surface area contributed by atoms with Gasteiger partial charge in [0, 0.05) is 46.5 Å². The zero-order valence-corrected chi connectivity index (χ0v) is 13.4. The Hall–Kier alpha value is -1.84. The average Bonchev–Trinajstić information content (AvgIpc) is 3.01. The second-order valence-electron chi connectivity index (χ2n) is 5.31. The number of benzene rings is 3. The largest absolute Gasteiger partial charge is 0.354 e. The lowest BCUT2D eigenvalue weighted by atomic mass is 10.1. The molecule has 3 aromatic carbocycles. The van der Waals surface area contributed by atoms with Gasteiger partial charge >= 0.3 is 0 Å². The fraction of sp³-hybridized carbons (Fsp3) is 0. The Labute approximate surface area is 133 Å². The zero-order chi connectivity index (χ0) is 14.0. The molecule has 0 radical (unpaired) electrons. The molecule has 1 N–H and O–H groups in total. The van der Waals surface area contributed by atoms with Crippen LogP contribution in [0.25, 0.3) is 42.0 Å². The van der Waals surface area contributed by atoms with E-state index in [-0.39, 0.29) is 0 Å². The van der Waals surface area contributed by atoms with Crippen molar-refractivity contribution in [3.8, 4) is 0 Å². The van der Waals surface area contributed by atoms with Crippen molar-refractivity contribution < 1.29 is 0 Å². The highest BCUT2D eigenvalue weighted by Gasteiger charge is 2.10. The summed E-state index contributed by atoms with van der Waals surface area (Å²) < 4.78 is 3.81. The Morgan fingerprint density at radius 3 is 2.52 bits per heavy atom. The number of aromatic nitrogens is 1. The highest BCUT2D eigenvalue weighted by atomic mass is 79.9. The topological polar surface area (TPSA) is 15.8 Å². The standard InChI is InChI=1S/C18H10BrNS/c19-10-5-6-11-13-9-18-14(8-16(13)20-15(11)7-10)12-3-1-2-4-17(12)21-18/h1-9,20H. The van der Waals surface area contributed by atoms with Crippen LogP contribution in [-0.4, -0.2) is 4.98 Å². The van der Waals surface area contributed by atoms with Gasteiger partial charge in [-0.05, 0) is 30.3 Å². The minimum atomic E-state index is 1.11. The van der Waals surface area contributed by atoms with E-state index in [0.29, 0.717) is 0 Å². The highest BCUT2D eigenvalue weighted by Crippen LogP contribution is 2.38. The van der Waals surface area contributed by atoms with Crippen molar-refractivity contribution in [3.05, 3.63) is 59.1 Å². The van der Waals surface area contributed by atoms with Crippen LogP contribution in [0.5, 0.6) is 0 Å². The number of hydrogen-bond acceptors (Lipinski definition) is 1. The fourth-order valence-electron chi connectivity index (χ4n) is 3.10. The van der Waals surface area contributed by atoms with Crippen molar-refractivity contribution in [2.75, 3.05) is 0 Å². The Kier molecular flexibility index (Phi) is 2.29. The van der Waals surface area contributed by atoms with Gasteiger partial charge in [-0.3, -0.25) is 0 Å².